The highest BCUT2D eigenvalue weighted by Crippen LogP contribution is 2.33. The van der Waals surface area contributed by atoms with E-state index < -0.39 is 5.60 Å². The van der Waals surface area contributed by atoms with Crippen LogP contribution in [0.2, 0.25) is 0 Å². The summed E-state index contributed by atoms with van der Waals surface area (Å²) in [6.07, 6.45) is 8.77. The lowest BCUT2D eigenvalue weighted by Crippen LogP contribution is -2.51. The molecule has 3 aromatic heterocycles. The standard InChI is InChI=1S/C33H39N7O2/c1-33(2,3)42-32(41)38-18-24(19-38)12-8-5-9-13-27-17-28(30-31(34)35-22-36-40(27)30)25-14-15-26-21-39(37-29(26)16-25)20-23-10-6-4-7-11-23/h4,6-7,10-11,14-17,21-22,24H,5,8-9,12-13,18-20H2,1-3H3,(H2,34,35,36). The minimum absolute atomic E-state index is 0.199. The number of ether oxygens (including phenoxy) is 1. The number of likely N-dealkylation sites (tertiary alicyclic amines) is 1. The van der Waals surface area contributed by atoms with E-state index in [0.717, 1.165) is 85.0 Å². The molecule has 0 spiro atoms. The lowest BCUT2D eigenvalue weighted by atomic mass is 9.93. The molecule has 0 atom stereocenters. The second-order valence-corrected chi connectivity index (χ2v) is 12.4. The monoisotopic (exact) mass is 565 g/mol. The Balaban J connectivity index is 1.09. The summed E-state index contributed by atoms with van der Waals surface area (Å²) in [5.74, 6) is 1.04. The summed E-state index contributed by atoms with van der Waals surface area (Å²) in [7, 11) is 0. The number of hydrogen-bond acceptors (Lipinski definition) is 6. The van der Waals surface area contributed by atoms with Gasteiger partial charge < -0.3 is 15.4 Å². The lowest BCUT2D eigenvalue weighted by Gasteiger charge is -2.39. The van der Waals surface area contributed by atoms with Gasteiger partial charge in [-0.15, -0.1) is 0 Å². The number of nitrogens with zero attached hydrogens (tertiary/aromatic N) is 6. The van der Waals surface area contributed by atoms with Crippen molar-refractivity contribution in [2.75, 3.05) is 18.8 Å². The Kier molecular flexibility index (Phi) is 7.58. The second-order valence-electron chi connectivity index (χ2n) is 12.4. The van der Waals surface area contributed by atoms with Crippen LogP contribution in [0.3, 0.4) is 0 Å². The van der Waals surface area contributed by atoms with Crippen molar-refractivity contribution in [2.24, 2.45) is 5.92 Å². The van der Waals surface area contributed by atoms with Gasteiger partial charge in [0.2, 0.25) is 0 Å². The summed E-state index contributed by atoms with van der Waals surface area (Å²) < 4.78 is 9.40. The second kappa shape index (κ2) is 11.5. The number of amides is 1. The number of nitrogen functional groups attached to an aromatic ring is 1. The summed E-state index contributed by atoms with van der Waals surface area (Å²) in [5.41, 5.74) is 12.1. The highest BCUT2D eigenvalue weighted by molar-refractivity contribution is 5.92. The molecular formula is C33H39N7O2. The molecule has 1 fully saturated rings. The van der Waals surface area contributed by atoms with Gasteiger partial charge in [-0.3, -0.25) is 4.68 Å². The van der Waals surface area contributed by atoms with Crippen LogP contribution < -0.4 is 5.73 Å². The van der Waals surface area contributed by atoms with Gasteiger partial charge in [0.25, 0.3) is 0 Å². The Labute approximate surface area is 246 Å². The number of rotatable bonds is 9. The molecule has 2 N–H and O–H groups in total. The maximum atomic E-state index is 12.2. The van der Waals surface area contributed by atoms with E-state index in [1.807, 2.05) is 36.0 Å². The summed E-state index contributed by atoms with van der Waals surface area (Å²) in [4.78, 5) is 18.3. The largest absolute Gasteiger partial charge is 0.444 e. The average molecular weight is 566 g/mol. The molecule has 0 radical (unpaired) electrons. The van der Waals surface area contributed by atoms with Crippen LogP contribution >= 0.6 is 0 Å². The normalized spacial score (nSPS) is 14.0. The molecule has 218 valence electrons. The van der Waals surface area contributed by atoms with Gasteiger partial charge in [-0.05, 0) is 69.2 Å². The van der Waals surface area contributed by atoms with Crippen LogP contribution in [0.15, 0.2) is 67.1 Å². The molecule has 4 heterocycles. The van der Waals surface area contributed by atoms with Gasteiger partial charge in [0.05, 0.1) is 12.1 Å². The smallest absolute Gasteiger partial charge is 0.410 e. The van der Waals surface area contributed by atoms with Gasteiger partial charge in [0.15, 0.2) is 5.82 Å². The Hall–Kier alpha value is -4.40. The number of carbonyl (C=O) groups excluding carboxylic acids is 1. The number of anilines is 1. The van der Waals surface area contributed by atoms with Crippen molar-refractivity contribution in [1.29, 1.82) is 0 Å². The van der Waals surface area contributed by atoms with Gasteiger partial charge in [-0.2, -0.15) is 10.2 Å². The topological polar surface area (TPSA) is 104 Å². The molecule has 1 amide bonds. The van der Waals surface area contributed by atoms with E-state index in [9.17, 15) is 4.79 Å². The number of unbranched alkanes of at least 4 members (excludes halogenated alkanes) is 2. The minimum Gasteiger partial charge on any atom is -0.444 e. The molecule has 1 saturated heterocycles. The molecule has 9 heteroatoms. The molecule has 1 aliphatic rings. The molecule has 2 aromatic carbocycles. The van der Waals surface area contributed by atoms with Crippen LogP contribution in [-0.2, 0) is 17.7 Å². The molecule has 0 saturated carbocycles. The van der Waals surface area contributed by atoms with Gasteiger partial charge in [0, 0.05) is 35.9 Å². The Bertz CT molecular complexity index is 1690. The number of aryl methyl sites for hydroxylation is 1. The fraction of sp³-hybridized carbons (Fsp3) is 0.394. The first-order valence-electron chi connectivity index (χ1n) is 14.8. The lowest BCUT2D eigenvalue weighted by molar-refractivity contribution is -0.00242. The minimum atomic E-state index is -0.446. The van der Waals surface area contributed by atoms with Crippen LogP contribution in [0.1, 0.15) is 57.7 Å². The quantitative estimate of drug-likeness (QED) is 0.209. The Morgan fingerprint density at radius 2 is 1.86 bits per heavy atom. The van der Waals surface area contributed by atoms with Crippen molar-refractivity contribution >= 4 is 28.3 Å². The average Bonchev–Trinajstić information content (AvgIpc) is 3.50. The first-order chi connectivity index (χ1) is 20.2. The van der Waals surface area contributed by atoms with Gasteiger partial charge in [-0.25, -0.2) is 14.3 Å². The van der Waals surface area contributed by atoms with Crippen molar-refractivity contribution in [3.63, 3.8) is 0 Å². The first kappa shape index (κ1) is 27.8. The number of carbonyl (C=O) groups is 1. The first-order valence-corrected chi connectivity index (χ1v) is 14.8. The maximum Gasteiger partial charge on any atom is 0.410 e. The highest BCUT2D eigenvalue weighted by atomic mass is 16.6. The predicted octanol–water partition coefficient (Wildman–Crippen LogP) is 6.35. The van der Waals surface area contributed by atoms with Crippen molar-refractivity contribution < 1.29 is 9.53 Å². The van der Waals surface area contributed by atoms with Crippen LogP contribution in [0.5, 0.6) is 0 Å². The Morgan fingerprint density at radius 1 is 1.05 bits per heavy atom. The van der Waals surface area contributed by atoms with Crippen LogP contribution in [0.4, 0.5) is 10.6 Å². The maximum absolute atomic E-state index is 12.2. The molecule has 1 aliphatic heterocycles. The molecular weight excluding hydrogens is 526 g/mol. The van der Waals surface area contributed by atoms with Gasteiger partial charge in [0.1, 0.15) is 17.4 Å². The van der Waals surface area contributed by atoms with Gasteiger partial charge in [-0.1, -0.05) is 55.3 Å². The molecule has 0 aliphatic carbocycles. The molecule has 0 unspecified atom stereocenters. The van der Waals surface area contributed by atoms with Gasteiger partial charge >= 0.3 is 6.09 Å². The van der Waals surface area contributed by atoms with Crippen LogP contribution in [0.25, 0.3) is 27.5 Å². The van der Waals surface area contributed by atoms with Crippen molar-refractivity contribution in [3.05, 3.63) is 78.4 Å². The summed E-state index contributed by atoms with van der Waals surface area (Å²) in [6, 6.07) is 18.9. The van der Waals surface area contributed by atoms with E-state index in [2.05, 4.69) is 64.8 Å². The molecule has 9 nitrogen and oxygen atoms in total. The fourth-order valence-electron chi connectivity index (χ4n) is 5.76. The van der Waals surface area contributed by atoms with E-state index in [1.165, 1.54) is 11.9 Å². The van der Waals surface area contributed by atoms with E-state index >= 15 is 0 Å². The zero-order valence-corrected chi connectivity index (χ0v) is 24.7. The number of fused-ring (bicyclic) bond motifs is 2. The van der Waals surface area contributed by atoms with E-state index in [-0.39, 0.29) is 6.09 Å². The van der Waals surface area contributed by atoms with Crippen molar-refractivity contribution in [1.82, 2.24) is 29.3 Å². The molecule has 0 bridgehead atoms. The SMILES string of the molecule is CC(C)(C)OC(=O)N1CC(CCCCCc2cc(-c3ccc4cn(Cc5ccccc5)nc4c3)c3c(N)ncnn23)C1. The summed E-state index contributed by atoms with van der Waals surface area (Å²) in [5, 5.41) is 10.5. The van der Waals surface area contributed by atoms with E-state index in [1.54, 1.807) is 4.90 Å². The molecule has 5 aromatic rings. The third-order valence-corrected chi connectivity index (χ3v) is 7.86. The van der Waals surface area contributed by atoms with E-state index in [4.69, 9.17) is 15.6 Å². The summed E-state index contributed by atoms with van der Waals surface area (Å²) in [6.45, 7) is 8.04. The van der Waals surface area contributed by atoms with Crippen LogP contribution in [0, 0.1) is 5.92 Å². The number of aromatic nitrogens is 5. The fourth-order valence-corrected chi connectivity index (χ4v) is 5.76. The third kappa shape index (κ3) is 6.10. The van der Waals surface area contributed by atoms with E-state index in [0.29, 0.717) is 11.7 Å². The summed E-state index contributed by atoms with van der Waals surface area (Å²) >= 11 is 0. The van der Waals surface area contributed by atoms with Crippen LogP contribution in [-0.4, -0.2) is 54.1 Å². The molecule has 6 rings (SSSR count). The molecule has 42 heavy (non-hydrogen) atoms. The van der Waals surface area contributed by atoms with Crippen molar-refractivity contribution in [3.8, 4) is 11.1 Å². The third-order valence-electron chi connectivity index (χ3n) is 7.86. The van der Waals surface area contributed by atoms with Crippen molar-refractivity contribution in [2.45, 2.75) is 65.0 Å². The Morgan fingerprint density at radius 3 is 2.64 bits per heavy atom. The highest BCUT2D eigenvalue weighted by Gasteiger charge is 2.33. The number of benzene rings is 2. The number of hydrogen-bond donors (Lipinski definition) is 1. The predicted molar refractivity (Wildman–Crippen MR) is 165 cm³/mol. The number of nitrogens with two attached hydrogens (primary N) is 1. The zero-order chi connectivity index (χ0) is 29.3. The zero-order valence-electron chi connectivity index (χ0n) is 24.7.